The molecule has 0 saturated carbocycles. The van der Waals surface area contributed by atoms with Crippen molar-refractivity contribution in [3.63, 3.8) is 0 Å². The van der Waals surface area contributed by atoms with E-state index < -0.39 is 0 Å². The number of anilines is 1. The summed E-state index contributed by atoms with van der Waals surface area (Å²) in [5.41, 5.74) is 3.41. The van der Waals surface area contributed by atoms with E-state index in [9.17, 15) is 9.18 Å². The van der Waals surface area contributed by atoms with Gasteiger partial charge in [0.2, 0.25) is 0 Å². The molecule has 1 atom stereocenters. The molecule has 1 aromatic heterocycles. The van der Waals surface area contributed by atoms with E-state index in [2.05, 4.69) is 42.6 Å². The van der Waals surface area contributed by atoms with Gasteiger partial charge in [0.1, 0.15) is 11.9 Å². The summed E-state index contributed by atoms with van der Waals surface area (Å²) in [6.07, 6.45) is 0. The van der Waals surface area contributed by atoms with Gasteiger partial charge in [-0.3, -0.25) is 4.79 Å². The predicted octanol–water partition coefficient (Wildman–Crippen LogP) is 3.80. The third kappa shape index (κ3) is 4.56. The van der Waals surface area contributed by atoms with Gasteiger partial charge in [-0.25, -0.2) is 4.39 Å². The average Bonchev–Trinajstić information content (AvgIpc) is 3.14. The summed E-state index contributed by atoms with van der Waals surface area (Å²) in [5, 5.41) is 6.82. The minimum absolute atomic E-state index is 0.0658. The second-order valence-electron chi connectivity index (χ2n) is 6.36. The van der Waals surface area contributed by atoms with E-state index in [0.29, 0.717) is 11.3 Å². The quantitative estimate of drug-likeness (QED) is 0.682. The molecule has 26 heavy (non-hydrogen) atoms. The van der Waals surface area contributed by atoms with Gasteiger partial charge < -0.3 is 10.6 Å². The van der Waals surface area contributed by atoms with E-state index in [4.69, 9.17) is 0 Å². The van der Waals surface area contributed by atoms with E-state index in [1.54, 1.807) is 30.4 Å². The van der Waals surface area contributed by atoms with Crippen molar-refractivity contribution in [2.24, 2.45) is 0 Å². The Morgan fingerprint density at radius 2 is 1.92 bits per heavy atom. The number of aryl methyl sites for hydroxylation is 2. The number of carbonyl (C=O) groups is 1. The van der Waals surface area contributed by atoms with Crippen molar-refractivity contribution in [2.75, 3.05) is 11.9 Å². The Kier molecular flexibility index (Phi) is 5.81. The number of thiophene rings is 1. The van der Waals surface area contributed by atoms with E-state index in [0.717, 1.165) is 5.56 Å². The number of carbonyl (C=O) groups excluding carboxylic acids is 1. The van der Waals surface area contributed by atoms with Gasteiger partial charge in [-0.2, -0.15) is 0 Å². The highest BCUT2D eigenvalue weighted by atomic mass is 32.1. The SMILES string of the molecule is Cc1ccc([C@H]([NH2+]CC(=O)Nc2ccc(C)c(F)c2)c2cccs2)cc1. The summed E-state index contributed by atoms with van der Waals surface area (Å²) in [6.45, 7) is 4.01. The number of quaternary nitrogens is 1. The maximum absolute atomic E-state index is 13.6. The Bertz CT molecular complexity index is 876. The van der Waals surface area contributed by atoms with Crippen LogP contribution in [0.1, 0.15) is 27.6 Å². The third-order valence-electron chi connectivity index (χ3n) is 4.28. The first-order chi connectivity index (χ1) is 12.5. The summed E-state index contributed by atoms with van der Waals surface area (Å²) in [6, 6.07) is 17.3. The van der Waals surface area contributed by atoms with Crippen molar-refractivity contribution in [1.29, 1.82) is 0 Å². The molecule has 5 heteroatoms. The molecule has 0 radical (unpaired) electrons. The topological polar surface area (TPSA) is 45.7 Å². The van der Waals surface area contributed by atoms with E-state index in [1.807, 2.05) is 16.8 Å². The standard InChI is InChI=1S/C21H21FN2OS/c1-14-5-8-16(9-6-14)21(19-4-3-11-26-19)23-13-20(25)24-17-10-7-15(2)18(22)12-17/h3-12,21,23H,13H2,1-2H3,(H,24,25)/p+1/t21-/m0/s1. The van der Waals surface area contributed by atoms with Gasteiger partial charge in [0.25, 0.3) is 5.91 Å². The fourth-order valence-corrected chi connectivity index (χ4v) is 3.62. The lowest BCUT2D eigenvalue weighted by molar-refractivity contribution is -0.675. The number of benzene rings is 2. The van der Waals surface area contributed by atoms with Crippen molar-refractivity contribution in [1.82, 2.24) is 0 Å². The van der Waals surface area contributed by atoms with E-state index >= 15 is 0 Å². The molecule has 0 saturated heterocycles. The molecule has 2 aromatic carbocycles. The molecule has 0 spiro atoms. The van der Waals surface area contributed by atoms with Crippen LogP contribution in [0, 0.1) is 19.7 Å². The fourth-order valence-electron chi connectivity index (χ4n) is 2.77. The molecule has 0 unspecified atom stereocenters. The first-order valence-corrected chi connectivity index (χ1v) is 9.40. The maximum Gasteiger partial charge on any atom is 0.279 e. The van der Waals surface area contributed by atoms with Crippen molar-refractivity contribution in [3.05, 3.63) is 87.4 Å². The zero-order valence-electron chi connectivity index (χ0n) is 14.8. The number of nitrogens with two attached hydrogens (primary N) is 1. The average molecular weight is 369 g/mol. The third-order valence-corrected chi connectivity index (χ3v) is 5.24. The fraction of sp³-hybridized carbons (Fsp3) is 0.190. The molecular weight excluding hydrogens is 347 g/mol. The van der Waals surface area contributed by atoms with Crippen LogP contribution in [0.2, 0.25) is 0 Å². The van der Waals surface area contributed by atoms with Crippen LogP contribution in [0.4, 0.5) is 10.1 Å². The largest absolute Gasteiger partial charge is 0.328 e. The second kappa shape index (κ2) is 8.25. The second-order valence-corrected chi connectivity index (χ2v) is 7.34. The summed E-state index contributed by atoms with van der Waals surface area (Å²) in [4.78, 5) is 13.5. The molecule has 0 aliphatic carbocycles. The highest BCUT2D eigenvalue weighted by molar-refractivity contribution is 7.10. The Morgan fingerprint density at radius 1 is 1.15 bits per heavy atom. The Balaban J connectivity index is 1.68. The van der Waals surface area contributed by atoms with Crippen LogP contribution in [0.5, 0.6) is 0 Å². The predicted molar refractivity (Wildman–Crippen MR) is 104 cm³/mol. The van der Waals surface area contributed by atoms with Crippen LogP contribution >= 0.6 is 11.3 Å². The Labute approximate surface area is 156 Å². The molecule has 1 amide bonds. The first kappa shape index (κ1) is 18.3. The minimum Gasteiger partial charge on any atom is -0.328 e. The molecule has 3 N–H and O–H groups in total. The van der Waals surface area contributed by atoms with Crippen molar-refractivity contribution in [2.45, 2.75) is 19.9 Å². The van der Waals surface area contributed by atoms with Crippen LogP contribution in [0.3, 0.4) is 0 Å². The normalized spacial score (nSPS) is 12.0. The Morgan fingerprint density at radius 3 is 2.58 bits per heavy atom. The molecule has 3 aromatic rings. The highest BCUT2D eigenvalue weighted by Crippen LogP contribution is 2.23. The van der Waals surface area contributed by atoms with Gasteiger partial charge in [-0.1, -0.05) is 42.0 Å². The van der Waals surface area contributed by atoms with E-state index in [1.165, 1.54) is 16.5 Å². The molecule has 134 valence electrons. The van der Waals surface area contributed by atoms with Gasteiger partial charge in [0, 0.05) is 11.3 Å². The molecule has 0 aliphatic heterocycles. The van der Waals surface area contributed by atoms with E-state index in [-0.39, 0.29) is 24.3 Å². The monoisotopic (exact) mass is 369 g/mol. The summed E-state index contributed by atoms with van der Waals surface area (Å²) in [5.74, 6) is -0.468. The lowest BCUT2D eigenvalue weighted by Gasteiger charge is -2.15. The van der Waals surface area contributed by atoms with Crippen LogP contribution in [0.15, 0.2) is 60.0 Å². The molecule has 3 rings (SSSR count). The van der Waals surface area contributed by atoms with Gasteiger partial charge in [0.15, 0.2) is 6.54 Å². The molecule has 0 fully saturated rings. The van der Waals surface area contributed by atoms with Gasteiger partial charge >= 0.3 is 0 Å². The summed E-state index contributed by atoms with van der Waals surface area (Å²) in [7, 11) is 0. The molecule has 0 aliphatic rings. The van der Waals surface area contributed by atoms with Crippen molar-refractivity contribution >= 4 is 22.9 Å². The van der Waals surface area contributed by atoms with Crippen LogP contribution in [0.25, 0.3) is 0 Å². The lowest BCUT2D eigenvalue weighted by atomic mass is 10.0. The molecular formula is C21H22FN2OS+. The Hall–Kier alpha value is -2.50. The maximum atomic E-state index is 13.6. The molecule has 1 heterocycles. The van der Waals surface area contributed by atoms with Gasteiger partial charge in [0.05, 0.1) is 4.88 Å². The van der Waals surface area contributed by atoms with Crippen LogP contribution in [-0.4, -0.2) is 12.5 Å². The van der Waals surface area contributed by atoms with Gasteiger partial charge in [-0.15, -0.1) is 11.3 Å². The van der Waals surface area contributed by atoms with Crippen molar-refractivity contribution in [3.8, 4) is 0 Å². The number of rotatable bonds is 6. The lowest BCUT2D eigenvalue weighted by Crippen LogP contribution is -2.87. The minimum atomic E-state index is -0.317. The first-order valence-electron chi connectivity index (χ1n) is 8.52. The number of halogens is 1. The number of amides is 1. The zero-order chi connectivity index (χ0) is 18.5. The number of hydrogen-bond donors (Lipinski definition) is 2. The highest BCUT2D eigenvalue weighted by Gasteiger charge is 2.20. The zero-order valence-corrected chi connectivity index (χ0v) is 15.6. The number of hydrogen-bond acceptors (Lipinski definition) is 2. The van der Waals surface area contributed by atoms with Crippen molar-refractivity contribution < 1.29 is 14.5 Å². The number of nitrogens with one attached hydrogen (secondary N) is 1. The smallest absolute Gasteiger partial charge is 0.279 e. The van der Waals surface area contributed by atoms with Gasteiger partial charge in [-0.05, 0) is 43.0 Å². The summed E-state index contributed by atoms with van der Waals surface area (Å²) >= 11 is 1.68. The summed E-state index contributed by atoms with van der Waals surface area (Å²) < 4.78 is 13.6. The molecule has 0 bridgehead atoms. The molecule has 3 nitrogen and oxygen atoms in total. The van der Waals surface area contributed by atoms with Crippen LogP contribution < -0.4 is 10.6 Å². The van der Waals surface area contributed by atoms with Crippen LogP contribution in [-0.2, 0) is 4.79 Å².